The van der Waals surface area contributed by atoms with Crippen LogP contribution in [0.25, 0.3) is 11.0 Å². The number of carboxylic acids is 1. The Labute approximate surface area is 153 Å². The van der Waals surface area contributed by atoms with Crippen molar-refractivity contribution in [2.75, 3.05) is 23.3 Å². The molecule has 3 aromatic rings. The van der Waals surface area contributed by atoms with Crippen LogP contribution in [0.1, 0.15) is 29.8 Å². The molecule has 0 aliphatic carbocycles. The lowest BCUT2D eigenvalue weighted by Crippen LogP contribution is -2.29. The monoisotopic (exact) mass is 370 g/mol. The van der Waals surface area contributed by atoms with E-state index < -0.39 is 11.9 Å². The molecular weight excluding hydrogens is 352 g/mol. The van der Waals surface area contributed by atoms with Crippen LogP contribution in [0.3, 0.4) is 0 Å². The number of hydrogen-bond donors (Lipinski definition) is 2. The summed E-state index contributed by atoms with van der Waals surface area (Å²) in [6.07, 6.45) is 4.92. The number of aliphatic carboxylic acids is 1. The molecule has 2 N–H and O–H groups in total. The van der Waals surface area contributed by atoms with Gasteiger partial charge in [-0.2, -0.15) is 5.10 Å². The van der Waals surface area contributed by atoms with Crippen LogP contribution in [0.4, 0.5) is 11.4 Å². The molecule has 1 amide bonds. The SMILES string of the molecule is O=C(O)Cn1ccc(C(=O)Nc2ccc(N3CCCCC3)c3nonc23)n1. The molecule has 1 aliphatic heterocycles. The second kappa shape index (κ2) is 7.06. The fourth-order valence-electron chi connectivity index (χ4n) is 3.24. The molecule has 1 fully saturated rings. The lowest BCUT2D eigenvalue weighted by molar-refractivity contribution is -0.137. The van der Waals surface area contributed by atoms with E-state index in [4.69, 9.17) is 9.74 Å². The van der Waals surface area contributed by atoms with Crippen molar-refractivity contribution in [3.63, 3.8) is 0 Å². The van der Waals surface area contributed by atoms with E-state index in [1.54, 1.807) is 6.07 Å². The van der Waals surface area contributed by atoms with Gasteiger partial charge in [0.25, 0.3) is 5.91 Å². The lowest BCUT2D eigenvalue weighted by atomic mass is 10.1. The van der Waals surface area contributed by atoms with Crippen LogP contribution in [0.15, 0.2) is 29.0 Å². The second-order valence-electron chi connectivity index (χ2n) is 6.39. The first kappa shape index (κ1) is 17.0. The minimum absolute atomic E-state index is 0.112. The highest BCUT2D eigenvalue weighted by Gasteiger charge is 2.20. The third-order valence-corrected chi connectivity index (χ3v) is 4.51. The Morgan fingerprint density at radius 1 is 1.11 bits per heavy atom. The van der Waals surface area contributed by atoms with E-state index >= 15 is 0 Å². The quantitative estimate of drug-likeness (QED) is 0.695. The molecule has 0 atom stereocenters. The third-order valence-electron chi connectivity index (χ3n) is 4.51. The number of benzene rings is 1. The van der Waals surface area contributed by atoms with Gasteiger partial charge < -0.3 is 15.3 Å². The van der Waals surface area contributed by atoms with Gasteiger partial charge in [0.05, 0.1) is 11.4 Å². The third kappa shape index (κ3) is 3.46. The summed E-state index contributed by atoms with van der Waals surface area (Å²) >= 11 is 0. The van der Waals surface area contributed by atoms with Gasteiger partial charge in [-0.15, -0.1) is 0 Å². The van der Waals surface area contributed by atoms with Crippen LogP contribution in [-0.4, -0.2) is 50.2 Å². The van der Waals surface area contributed by atoms with Crippen LogP contribution in [0, 0.1) is 0 Å². The maximum Gasteiger partial charge on any atom is 0.325 e. The molecule has 140 valence electrons. The number of amides is 1. The largest absolute Gasteiger partial charge is 0.480 e. The van der Waals surface area contributed by atoms with Crippen LogP contribution < -0.4 is 10.2 Å². The Morgan fingerprint density at radius 3 is 2.67 bits per heavy atom. The van der Waals surface area contributed by atoms with Gasteiger partial charge in [0.15, 0.2) is 16.7 Å². The van der Waals surface area contributed by atoms with E-state index in [0.29, 0.717) is 16.7 Å². The first-order valence-corrected chi connectivity index (χ1v) is 8.68. The van der Waals surface area contributed by atoms with Gasteiger partial charge in [-0.1, -0.05) is 0 Å². The number of aromatic nitrogens is 4. The van der Waals surface area contributed by atoms with Gasteiger partial charge >= 0.3 is 5.97 Å². The number of piperidine rings is 1. The van der Waals surface area contributed by atoms with Crippen molar-refractivity contribution in [1.82, 2.24) is 20.1 Å². The van der Waals surface area contributed by atoms with E-state index in [9.17, 15) is 9.59 Å². The molecule has 2 aromatic heterocycles. The molecule has 1 aromatic carbocycles. The van der Waals surface area contributed by atoms with Gasteiger partial charge in [0.2, 0.25) is 0 Å². The number of hydrogen-bond acceptors (Lipinski definition) is 7. The summed E-state index contributed by atoms with van der Waals surface area (Å²) in [6, 6.07) is 5.12. The zero-order valence-corrected chi connectivity index (χ0v) is 14.5. The molecule has 0 bridgehead atoms. The Balaban J connectivity index is 1.57. The van der Waals surface area contributed by atoms with E-state index in [1.807, 2.05) is 6.07 Å². The van der Waals surface area contributed by atoms with E-state index in [1.165, 1.54) is 23.4 Å². The number of nitrogens with zero attached hydrogens (tertiary/aromatic N) is 5. The molecule has 27 heavy (non-hydrogen) atoms. The van der Waals surface area contributed by atoms with Gasteiger partial charge in [-0.3, -0.25) is 14.3 Å². The minimum atomic E-state index is -1.03. The molecule has 10 nitrogen and oxygen atoms in total. The highest BCUT2D eigenvalue weighted by Crippen LogP contribution is 2.31. The molecule has 1 saturated heterocycles. The van der Waals surface area contributed by atoms with Crippen LogP contribution in [0.5, 0.6) is 0 Å². The number of nitrogens with one attached hydrogen (secondary N) is 1. The second-order valence-corrected chi connectivity index (χ2v) is 6.39. The molecular formula is C17H18N6O4. The minimum Gasteiger partial charge on any atom is -0.480 e. The summed E-state index contributed by atoms with van der Waals surface area (Å²) in [4.78, 5) is 25.4. The maximum absolute atomic E-state index is 12.4. The van der Waals surface area contributed by atoms with Gasteiger partial charge in [0, 0.05) is 19.3 Å². The molecule has 0 radical (unpaired) electrons. The standard InChI is InChI=1S/C17H18N6O4/c24-14(25)10-23-9-6-12(19-23)17(26)18-11-4-5-13(16-15(11)20-27-21-16)22-7-2-1-3-8-22/h4-6,9H,1-3,7-8,10H2,(H,18,26)(H,24,25). The zero-order chi connectivity index (χ0) is 18.8. The highest BCUT2D eigenvalue weighted by molar-refractivity contribution is 6.08. The molecule has 1 aliphatic rings. The molecule has 0 unspecified atom stereocenters. The molecule has 10 heteroatoms. The first-order valence-electron chi connectivity index (χ1n) is 8.68. The average molecular weight is 370 g/mol. The normalized spacial score (nSPS) is 14.4. The smallest absolute Gasteiger partial charge is 0.325 e. The first-order chi connectivity index (χ1) is 13.1. The molecule has 0 saturated carbocycles. The average Bonchev–Trinajstić information content (AvgIpc) is 3.32. The fourth-order valence-corrected chi connectivity index (χ4v) is 3.24. The Morgan fingerprint density at radius 2 is 1.89 bits per heavy atom. The van der Waals surface area contributed by atoms with Crippen molar-refractivity contribution in [3.05, 3.63) is 30.1 Å². The number of carboxylic acid groups (broad SMARTS) is 1. The Bertz CT molecular complexity index is 988. The Kier molecular flexibility index (Phi) is 4.45. The highest BCUT2D eigenvalue weighted by atomic mass is 16.6. The zero-order valence-electron chi connectivity index (χ0n) is 14.5. The topological polar surface area (TPSA) is 126 Å². The number of carbonyl (C=O) groups is 2. The van der Waals surface area contributed by atoms with Gasteiger partial charge in [0.1, 0.15) is 6.54 Å². The van der Waals surface area contributed by atoms with Gasteiger partial charge in [-0.05, 0) is 47.8 Å². The van der Waals surface area contributed by atoms with Crippen molar-refractivity contribution in [1.29, 1.82) is 0 Å². The fraction of sp³-hybridized carbons (Fsp3) is 0.353. The summed E-state index contributed by atoms with van der Waals surface area (Å²) in [6.45, 7) is 1.60. The summed E-state index contributed by atoms with van der Waals surface area (Å²) in [5.74, 6) is -1.50. The van der Waals surface area contributed by atoms with Crippen LogP contribution >= 0.6 is 0 Å². The predicted octanol–water partition coefficient (Wildman–Crippen LogP) is 1.75. The predicted molar refractivity (Wildman–Crippen MR) is 95.7 cm³/mol. The summed E-state index contributed by atoms with van der Waals surface area (Å²) < 4.78 is 6.09. The van der Waals surface area contributed by atoms with Crippen molar-refractivity contribution < 1.29 is 19.3 Å². The van der Waals surface area contributed by atoms with Crippen molar-refractivity contribution in [2.45, 2.75) is 25.8 Å². The van der Waals surface area contributed by atoms with Crippen molar-refractivity contribution in [2.24, 2.45) is 0 Å². The van der Waals surface area contributed by atoms with Gasteiger partial charge in [-0.25, -0.2) is 4.63 Å². The van der Waals surface area contributed by atoms with Crippen LogP contribution in [0.2, 0.25) is 0 Å². The van der Waals surface area contributed by atoms with Crippen molar-refractivity contribution in [3.8, 4) is 0 Å². The molecule has 4 rings (SSSR count). The number of anilines is 2. The maximum atomic E-state index is 12.4. The number of fused-ring (bicyclic) bond motifs is 1. The number of rotatable bonds is 5. The number of carbonyl (C=O) groups excluding carboxylic acids is 1. The molecule has 0 spiro atoms. The van der Waals surface area contributed by atoms with E-state index in [2.05, 4.69) is 25.6 Å². The van der Waals surface area contributed by atoms with E-state index in [-0.39, 0.29) is 12.2 Å². The Hall–Kier alpha value is -3.43. The summed E-state index contributed by atoms with van der Waals surface area (Å²) in [5.41, 5.74) is 2.59. The molecule has 3 heterocycles. The van der Waals surface area contributed by atoms with Crippen LogP contribution in [-0.2, 0) is 11.3 Å². The lowest BCUT2D eigenvalue weighted by Gasteiger charge is -2.28. The summed E-state index contributed by atoms with van der Waals surface area (Å²) in [7, 11) is 0. The van der Waals surface area contributed by atoms with Crippen molar-refractivity contribution >= 4 is 34.3 Å². The summed E-state index contributed by atoms with van der Waals surface area (Å²) in [5, 5.41) is 23.4. The van der Waals surface area contributed by atoms with E-state index in [0.717, 1.165) is 31.6 Å².